The molecule has 3 rings (SSSR count). The zero-order valence-electron chi connectivity index (χ0n) is 12.2. The molecule has 1 aromatic carbocycles. The van der Waals surface area contributed by atoms with E-state index in [9.17, 15) is 9.59 Å². The van der Waals surface area contributed by atoms with Gasteiger partial charge in [0.25, 0.3) is 0 Å². The van der Waals surface area contributed by atoms with Gasteiger partial charge in [-0.25, -0.2) is 4.79 Å². The van der Waals surface area contributed by atoms with Gasteiger partial charge in [0, 0.05) is 38.3 Å². The number of nitrogens with one attached hydrogen (secondary N) is 1. The number of benzene rings is 1. The molecule has 6 nitrogen and oxygen atoms in total. The number of carbonyl (C=O) groups excluding carboxylic acids is 1. The van der Waals surface area contributed by atoms with Gasteiger partial charge in [0.1, 0.15) is 0 Å². The molecule has 2 heterocycles. The topological polar surface area (TPSA) is 72.9 Å². The molecule has 120 valence electrons. The Bertz CT molecular complexity index is 549. The Kier molecular flexibility index (Phi) is 5.26. The number of amides is 2. The number of carbonyl (C=O) groups is 2. The molecule has 0 aliphatic carbocycles. The first-order valence-electron chi connectivity index (χ1n) is 7.25. The SMILES string of the molecule is Cl.O=C(O)CCc1ccc(N2C[C@@H]3CNCCN3C2=O)cc1. The molecule has 2 fully saturated rings. The summed E-state index contributed by atoms with van der Waals surface area (Å²) in [7, 11) is 0. The van der Waals surface area contributed by atoms with E-state index in [4.69, 9.17) is 5.11 Å². The molecule has 2 amide bonds. The number of nitrogens with zero attached hydrogens (tertiary/aromatic N) is 2. The van der Waals surface area contributed by atoms with Gasteiger partial charge in [-0.05, 0) is 24.1 Å². The fourth-order valence-corrected chi connectivity index (χ4v) is 2.93. The van der Waals surface area contributed by atoms with Gasteiger partial charge in [-0.3, -0.25) is 9.69 Å². The summed E-state index contributed by atoms with van der Waals surface area (Å²) in [4.78, 5) is 26.7. The van der Waals surface area contributed by atoms with Crippen LogP contribution in [0.1, 0.15) is 12.0 Å². The molecule has 2 N–H and O–H groups in total. The molecular weight excluding hydrogens is 306 g/mol. The normalized spacial score (nSPS) is 20.5. The third kappa shape index (κ3) is 3.34. The summed E-state index contributed by atoms with van der Waals surface area (Å²) in [6.07, 6.45) is 0.645. The number of rotatable bonds is 4. The van der Waals surface area contributed by atoms with Crippen LogP contribution in [0.25, 0.3) is 0 Å². The molecule has 1 atom stereocenters. The van der Waals surface area contributed by atoms with E-state index in [0.717, 1.165) is 30.9 Å². The smallest absolute Gasteiger partial charge is 0.324 e. The Hall–Kier alpha value is -1.79. The molecule has 2 aliphatic rings. The summed E-state index contributed by atoms with van der Waals surface area (Å²) in [5.74, 6) is -0.793. The Morgan fingerprint density at radius 1 is 1.32 bits per heavy atom. The molecule has 0 aromatic heterocycles. The van der Waals surface area contributed by atoms with Crippen LogP contribution in [0.2, 0.25) is 0 Å². The van der Waals surface area contributed by atoms with Crippen molar-refractivity contribution >= 4 is 30.1 Å². The molecule has 22 heavy (non-hydrogen) atoms. The number of carboxylic acids is 1. The lowest BCUT2D eigenvalue weighted by Crippen LogP contribution is -2.49. The second-order valence-electron chi connectivity index (χ2n) is 5.50. The van der Waals surface area contributed by atoms with Crippen molar-refractivity contribution in [2.45, 2.75) is 18.9 Å². The number of fused-ring (bicyclic) bond motifs is 1. The number of aryl methyl sites for hydroxylation is 1. The predicted molar refractivity (Wildman–Crippen MR) is 85.8 cm³/mol. The van der Waals surface area contributed by atoms with Gasteiger partial charge in [0.05, 0.1) is 6.04 Å². The number of halogens is 1. The number of anilines is 1. The summed E-state index contributed by atoms with van der Waals surface area (Å²) in [5, 5.41) is 12.0. The Morgan fingerprint density at radius 3 is 2.68 bits per heavy atom. The molecule has 0 bridgehead atoms. The largest absolute Gasteiger partial charge is 0.481 e. The maximum Gasteiger partial charge on any atom is 0.324 e. The maximum absolute atomic E-state index is 12.4. The van der Waals surface area contributed by atoms with Crippen LogP contribution < -0.4 is 10.2 Å². The number of hydrogen-bond donors (Lipinski definition) is 2. The molecule has 0 saturated carbocycles. The molecule has 2 aliphatic heterocycles. The molecule has 7 heteroatoms. The lowest BCUT2D eigenvalue weighted by atomic mass is 10.1. The van der Waals surface area contributed by atoms with E-state index in [1.54, 1.807) is 4.90 Å². The highest BCUT2D eigenvalue weighted by molar-refractivity contribution is 5.94. The molecular formula is C15H20ClN3O3. The van der Waals surface area contributed by atoms with Gasteiger partial charge < -0.3 is 15.3 Å². The van der Waals surface area contributed by atoms with Crippen LogP contribution in [0.5, 0.6) is 0 Å². The molecule has 1 aromatic rings. The van der Waals surface area contributed by atoms with Gasteiger partial charge in [-0.15, -0.1) is 12.4 Å². The third-order valence-electron chi connectivity index (χ3n) is 4.10. The molecule has 2 saturated heterocycles. The lowest BCUT2D eigenvalue weighted by molar-refractivity contribution is -0.136. The van der Waals surface area contributed by atoms with Gasteiger partial charge >= 0.3 is 12.0 Å². The monoisotopic (exact) mass is 325 g/mol. The van der Waals surface area contributed by atoms with Crippen molar-refractivity contribution in [2.24, 2.45) is 0 Å². The van der Waals surface area contributed by atoms with Crippen molar-refractivity contribution in [3.8, 4) is 0 Å². The number of urea groups is 1. The standard InChI is InChI=1S/C15H19N3O3.ClH/c19-14(20)6-3-11-1-4-12(5-2-11)18-10-13-9-16-7-8-17(13)15(18)21;/h1-2,4-5,13,16H,3,6-10H2,(H,19,20);1H/t13-;/m0./s1. The summed E-state index contributed by atoms with van der Waals surface area (Å²) in [6.45, 7) is 3.17. The zero-order chi connectivity index (χ0) is 14.8. The summed E-state index contributed by atoms with van der Waals surface area (Å²) in [5.41, 5.74) is 1.86. The average molecular weight is 326 g/mol. The van der Waals surface area contributed by atoms with E-state index in [-0.39, 0.29) is 30.9 Å². The first-order chi connectivity index (χ1) is 10.1. The summed E-state index contributed by atoms with van der Waals surface area (Å²) >= 11 is 0. The average Bonchev–Trinajstić information content (AvgIpc) is 2.83. The minimum atomic E-state index is -0.793. The fourth-order valence-electron chi connectivity index (χ4n) is 2.93. The van der Waals surface area contributed by atoms with Gasteiger partial charge in [-0.1, -0.05) is 12.1 Å². The first-order valence-corrected chi connectivity index (χ1v) is 7.25. The van der Waals surface area contributed by atoms with E-state index >= 15 is 0 Å². The van der Waals surface area contributed by atoms with Gasteiger partial charge in [-0.2, -0.15) is 0 Å². The molecule has 0 spiro atoms. The van der Waals surface area contributed by atoms with E-state index in [1.165, 1.54) is 0 Å². The van der Waals surface area contributed by atoms with E-state index in [1.807, 2.05) is 29.2 Å². The molecule has 0 unspecified atom stereocenters. The molecule has 0 radical (unpaired) electrons. The number of hydrogen-bond acceptors (Lipinski definition) is 3. The summed E-state index contributed by atoms with van der Waals surface area (Å²) in [6, 6.07) is 7.93. The number of aliphatic carboxylic acids is 1. The van der Waals surface area contributed by atoms with Crippen molar-refractivity contribution in [1.29, 1.82) is 0 Å². The first kappa shape index (κ1) is 16.6. The maximum atomic E-state index is 12.4. The Morgan fingerprint density at radius 2 is 2.05 bits per heavy atom. The van der Waals surface area contributed by atoms with Crippen LogP contribution in [-0.2, 0) is 11.2 Å². The Balaban J connectivity index is 0.00000176. The fraction of sp³-hybridized carbons (Fsp3) is 0.467. The minimum absolute atomic E-state index is 0. The highest BCUT2D eigenvalue weighted by Crippen LogP contribution is 2.25. The van der Waals surface area contributed by atoms with E-state index in [2.05, 4.69) is 5.32 Å². The van der Waals surface area contributed by atoms with Crippen LogP contribution >= 0.6 is 12.4 Å². The van der Waals surface area contributed by atoms with Gasteiger partial charge in [0.15, 0.2) is 0 Å². The second kappa shape index (κ2) is 6.98. The third-order valence-corrected chi connectivity index (χ3v) is 4.10. The highest BCUT2D eigenvalue weighted by Gasteiger charge is 2.38. The van der Waals surface area contributed by atoms with Crippen molar-refractivity contribution in [2.75, 3.05) is 31.1 Å². The van der Waals surface area contributed by atoms with Crippen molar-refractivity contribution < 1.29 is 14.7 Å². The van der Waals surface area contributed by atoms with Crippen LogP contribution in [0, 0.1) is 0 Å². The minimum Gasteiger partial charge on any atom is -0.481 e. The quantitative estimate of drug-likeness (QED) is 0.876. The lowest BCUT2D eigenvalue weighted by Gasteiger charge is -2.28. The van der Waals surface area contributed by atoms with Crippen molar-refractivity contribution in [1.82, 2.24) is 10.2 Å². The second-order valence-corrected chi connectivity index (χ2v) is 5.50. The van der Waals surface area contributed by atoms with Crippen LogP contribution in [0.15, 0.2) is 24.3 Å². The number of carboxylic acid groups (broad SMARTS) is 1. The predicted octanol–water partition coefficient (Wildman–Crippen LogP) is 1.34. The van der Waals surface area contributed by atoms with Crippen molar-refractivity contribution in [3.63, 3.8) is 0 Å². The summed E-state index contributed by atoms with van der Waals surface area (Å²) < 4.78 is 0. The Labute approximate surface area is 135 Å². The van der Waals surface area contributed by atoms with E-state index < -0.39 is 5.97 Å². The zero-order valence-corrected chi connectivity index (χ0v) is 13.0. The van der Waals surface area contributed by atoms with Crippen LogP contribution in [0.4, 0.5) is 10.5 Å². The number of piperazine rings is 1. The van der Waals surface area contributed by atoms with Crippen LogP contribution in [0.3, 0.4) is 0 Å². The highest BCUT2D eigenvalue weighted by atomic mass is 35.5. The van der Waals surface area contributed by atoms with E-state index in [0.29, 0.717) is 13.0 Å². The van der Waals surface area contributed by atoms with Crippen molar-refractivity contribution in [3.05, 3.63) is 29.8 Å². The van der Waals surface area contributed by atoms with Gasteiger partial charge in [0.2, 0.25) is 0 Å². The van der Waals surface area contributed by atoms with Crippen LogP contribution in [-0.4, -0.2) is 54.2 Å².